The Bertz CT molecular complexity index is 1020. The van der Waals surface area contributed by atoms with Gasteiger partial charge in [0.05, 0.1) is 30.6 Å². The summed E-state index contributed by atoms with van der Waals surface area (Å²) >= 11 is 1.73. The molecule has 3 aromatic rings. The Hall–Kier alpha value is -2.74. The summed E-state index contributed by atoms with van der Waals surface area (Å²) in [5.74, 6) is -0.0962. The van der Waals surface area contributed by atoms with Crippen molar-refractivity contribution in [3.05, 3.63) is 75.7 Å². The maximum Gasteiger partial charge on any atom is 0.244 e. The number of aromatic nitrogens is 2. The predicted molar refractivity (Wildman–Crippen MR) is 125 cm³/mol. The summed E-state index contributed by atoms with van der Waals surface area (Å²) in [6, 6.07) is 14.4. The number of benzene rings is 1. The molecule has 0 saturated carbocycles. The highest BCUT2D eigenvalue weighted by atomic mass is 32.1. The zero-order chi connectivity index (χ0) is 21.6. The zero-order valence-corrected chi connectivity index (χ0v) is 18.8. The van der Waals surface area contributed by atoms with E-state index in [0.717, 1.165) is 48.9 Å². The first kappa shape index (κ1) is 21.5. The molecule has 1 atom stereocenters. The number of nitrogens with one attached hydrogen (secondary N) is 1. The number of para-hydroxylation sites is 1. The van der Waals surface area contributed by atoms with Crippen LogP contribution >= 0.6 is 11.3 Å². The molecule has 1 amide bonds. The Morgan fingerprint density at radius 3 is 2.68 bits per heavy atom. The maximum atomic E-state index is 12.6. The number of carbonyl (C=O) groups is 1. The average Bonchev–Trinajstić information content (AvgIpc) is 3.42. The number of aryl methyl sites for hydroxylation is 1. The van der Waals surface area contributed by atoms with Crippen LogP contribution in [0.25, 0.3) is 11.8 Å². The molecule has 31 heavy (non-hydrogen) atoms. The van der Waals surface area contributed by atoms with Gasteiger partial charge in [0, 0.05) is 41.8 Å². The Morgan fingerprint density at radius 1 is 1.19 bits per heavy atom. The largest absolute Gasteiger partial charge is 0.379 e. The van der Waals surface area contributed by atoms with E-state index in [0.29, 0.717) is 6.54 Å². The molecule has 3 heterocycles. The number of hydrogen-bond acceptors (Lipinski definition) is 5. The van der Waals surface area contributed by atoms with E-state index >= 15 is 0 Å². The lowest BCUT2D eigenvalue weighted by Crippen LogP contribution is -2.43. The molecule has 162 valence electrons. The third-order valence-electron chi connectivity index (χ3n) is 5.58. The molecule has 0 unspecified atom stereocenters. The van der Waals surface area contributed by atoms with Crippen molar-refractivity contribution in [1.82, 2.24) is 20.0 Å². The third kappa shape index (κ3) is 5.12. The van der Waals surface area contributed by atoms with E-state index in [2.05, 4.69) is 32.8 Å². The van der Waals surface area contributed by atoms with E-state index in [-0.39, 0.29) is 11.9 Å². The van der Waals surface area contributed by atoms with E-state index in [1.165, 1.54) is 4.88 Å². The molecule has 0 spiro atoms. The van der Waals surface area contributed by atoms with Crippen LogP contribution < -0.4 is 5.32 Å². The lowest BCUT2D eigenvalue weighted by molar-refractivity contribution is -0.116. The molecule has 0 aliphatic carbocycles. The van der Waals surface area contributed by atoms with Gasteiger partial charge in [-0.3, -0.25) is 9.69 Å². The van der Waals surface area contributed by atoms with E-state index < -0.39 is 0 Å². The number of morpholine rings is 1. The second-order valence-corrected chi connectivity index (χ2v) is 8.57. The number of hydrogen-bond donors (Lipinski definition) is 1. The fourth-order valence-corrected chi connectivity index (χ4v) is 4.77. The van der Waals surface area contributed by atoms with Crippen LogP contribution in [0.5, 0.6) is 0 Å². The van der Waals surface area contributed by atoms with Crippen LogP contribution in [-0.4, -0.2) is 53.4 Å². The van der Waals surface area contributed by atoms with Gasteiger partial charge in [0.15, 0.2) is 0 Å². The highest BCUT2D eigenvalue weighted by Crippen LogP contribution is 2.25. The lowest BCUT2D eigenvalue weighted by Gasteiger charge is -2.34. The van der Waals surface area contributed by atoms with Crippen LogP contribution in [0.3, 0.4) is 0 Å². The Balaban J connectivity index is 1.43. The van der Waals surface area contributed by atoms with Crippen LogP contribution in [-0.2, 0) is 9.53 Å². The Kier molecular flexibility index (Phi) is 6.96. The Morgan fingerprint density at radius 2 is 1.97 bits per heavy atom. The molecule has 2 aromatic heterocycles. The molecule has 0 radical (unpaired) electrons. The lowest BCUT2D eigenvalue weighted by atomic mass is 10.1. The summed E-state index contributed by atoms with van der Waals surface area (Å²) in [4.78, 5) is 16.3. The molecule has 7 heteroatoms. The van der Waals surface area contributed by atoms with Crippen LogP contribution in [0.2, 0.25) is 0 Å². The van der Waals surface area contributed by atoms with Gasteiger partial charge in [-0.1, -0.05) is 24.3 Å². The summed E-state index contributed by atoms with van der Waals surface area (Å²) in [7, 11) is 0. The minimum absolute atomic E-state index is 0.0962. The third-order valence-corrected chi connectivity index (χ3v) is 6.55. The highest BCUT2D eigenvalue weighted by molar-refractivity contribution is 7.10. The minimum atomic E-state index is -0.0962. The molecular formula is C24H28N4O2S. The zero-order valence-electron chi connectivity index (χ0n) is 18.0. The summed E-state index contributed by atoms with van der Waals surface area (Å²) in [6.45, 7) is 7.80. The molecule has 1 aliphatic heterocycles. The quantitative estimate of drug-likeness (QED) is 0.573. The van der Waals surface area contributed by atoms with Crippen molar-refractivity contribution in [2.45, 2.75) is 19.9 Å². The molecule has 1 aliphatic rings. The van der Waals surface area contributed by atoms with Crippen LogP contribution in [0.15, 0.2) is 53.9 Å². The van der Waals surface area contributed by atoms with E-state index in [1.54, 1.807) is 17.4 Å². The predicted octanol–water partition coefficient (Wildman–Crippen LogP) is 3.75. The van der Waals surface area contributed by atoms with Gasteiger partial charge in [-0.05, 0) is 43.5 Å². The van der Waals surface area contributed by atoms with Gasteiger partial charge >= 0.3 is 0 Å². The standard InChI is InChI=1S/C24H28N4O2S/c1-18-21(19(2)28(26-18)20-7-4-3-5-8-20)10-11-24(29)25-17-22(23-9-6-16-31-23)27-12-14-30-15-13-27/h3-11,16,22H,12-15,17H2,1-2H3,(H,25,29)/b11-10-/t22-/m1/s1. The molecule has 0 bridgehead atoms. The first-order chi connectivity index (χ1) is 15.1. The normalized spacial score (nSPS) is 15.9. The van der Waals surface area contributed by atoms with Crippen molar-refractivity contribution in [2.75, 3.05) is 32.8 Å². The summed E-state index contributed by atoms with van der Waals surface area (Å²) in [5.41, 5.74) is 3.89. The number of amides is 1. The topological polar surface area (TPSA) is 59.4 Å². The summed E-state index contributed by atoms with van der Waals surface area (Å²) < 4.78 is 7.41. The second-order valence-electron chi connectivity index (χ2n) is 7.59. The molecule has 1 aromatic carbocycles. The first-order valence-electron chi connectivity index (χ1n) is 10.6. The molecule has 6 nitrogen and oxygen atoms in total. The molecule has 1 fully saturated rings. The maximum absolute atomic E-state index is 12.6. The van der Waals surface area contributed by atoms with Gasteiger partial charge in [0.2, 0.25) is 5.91 Å². The highest BCUT2D eigenvalue weighted by Gasteiger charge is 2.23. The summed E-state index contributed by atoms with van der Waals surface area (Å²) in [6.07, 6.45) is 3.47. The fourth-order valence-electron chi connectivity index (χ4n) is 3.91. The van der Waals surface area contributed by atoms with Crippen molar-refractivity contribution in [1.29, 1.82) is 0 Å². The number of rotatable bonds is 7. The molecule has 1 saturated heterocycles. The number of ether oxygens (including phenoxy) is 1. The van der Waals surface area contributed by atoms with Crippen molar-refractivity contribution in [3.8, 4) is 5.69 Å². The smallest absolute Gasteiger partial charge is 0.244 e. The molecule has 4 rings (SSSR count). The second kappa shape index (κ2) is 10.0. The average molecular weight is 437 g/mol. The summed E-state index contributed by atoms with van der Waals surface area (Å²) in [5, 5.41) is 9.82. The van der Waals surface area contributed by atoms with E-state index in [1.807, 2.05) is 54.9 Å². The number of nitrogens with zero attached hydrogens (tertiary/aromatic N) is 3. The van der Waals surface area contributed by atoms with Gasteiger partial charge in [0.1, 0.15) is 0 Å². The number of carbonyl (C=O) groups excluding carboxylic acids is 1. The van der Waals surface area contributed by atoms with Crippen LogP contribution in [0.4, 0.5) is 0 Å². The van der Waals surface area contributed by atoms with Gasteiger partial charge in [0.25, 0.3) is 0 Å². The Labute approximate surface area is 187 Å². The minimum Gasteiger partial charge on any atom is -0.379 e. The SMILES string of the molecule is Cc1nn(-c2ccccc2)c(C)c1/C=C\C(=O)NC[C@H](c1cccs1)N1CCOCC1. The van der Waals surface area contributed by atoms with Gasteiger partial charge in [-0.15, -0.1) is 11.3 Å². The van der Waals surface area contributed by atoms with E-state index in [9.17, 15) is 4.79 Å². The monoisotopic (exact) mass is 436 g/mol. The van der Waals surface area contributed by atoms with Crippen molar-refractivity contribution >= 4 is 23.3 Å². The molecular weight excluding hydrogens is 408 g/mol. The van der Waals surface area contributed by atoms with Crippen molar-refractivity contribution in [2.24, 2.45) is 0 Å². The van der Waals surface area contributed by atoms with Gasteiger partial charge < -0.3 is 10.1 Å². The van der Waals surface area contributed by atoms with Crippen LogP contribution in [0.1, 0.15) is 27.9 Å². The van der Waals surface area contributed by atoms with Crippen LogP contribution in [0, 0.1) is 13.8 Å². The van der Waals surface area contributed by atoms with Crippen molar-refractivity contribution < 1.29 is 9.53 Å². The first-order valence-corrected chi connectivity index (χ1v) is 11.4. The van der Waals surface area contributed by atoms with Gasteiger partial charge in [-0.2, -0.15) is 5.10 Å². The fraction of sp³-hybridized carbons (Fsp3) is 0.333. The number of thiophene rings is 1. The van der Waals surface area contributed by atoms with Gasteiger partial charge in [-0.25, -0.2) is 4.68 Å². The van der Waals surface area contributed by atoms with E-state index in [4.69, 9.17) is 4.74 Å². The molecule has 1 N–H and O–H groups in total. The van der Waals surface area contributed by atoms with Crippen molar-refractivity contribution in [3.63, 3.8) is 0 Å².